The number of amides is 1. The summed E-state index contributed by atoms with van der Waals surface area (Å²) in [5.74, 6) is 0.0657. The molecule has 0 saturated heterocycles. The number of rotatable bonds is 5. The fraction of sp³-hybridized carbons (Fsp3) is 0.857. The molecular weight excluding hydrogens is 130 g/mol. The molecule has 0 fully saturated rings. The summed E-state index contributed by atoms with van der Waals surface area (Å²) < 4.78 is 4.92. The van der Waals surface area contributed by atoms with Crippen LogP contribution in [0.3, 0.4) is 0 Å². The van der Waals surface area contributed by atoms with E-state index < -0.39 is 0 Å². The van der Waals surface area contributed by atoms with E-state index in [0.29, 0.717) is 19.8 Å². The van der Waals surface area contributed by atoms with Crippen molar-refractivity contribution in [3.8, 4) is 0 Å². The second kappa shape index (κ2) is 6.55. The molecule has 10 heavy (non-hydrogen) atoms. The molecule has 0 bridgehead atoms. The minimum Gasteiger partial charge on any atom is -0.362 e. The summed E-state index contributed by atoms with van der Waals surface area (Å²) >= 11 is 0. The molecule has 0 aliphatic carbocycles. The van der Waals surface area contributed by atoms with Crippen LogP contribution >= 0.6 is 0 Å². The van der Waals surface area contributed by atoms with Crippen LogP contribution in [0.5, 0.6) is 0 Å². The molecular formula is C7H15NO2. The molecule has 60 valence electrons. The molecule has 0 saturated carbocycles. The van der Waals surface area contributed by atoms with Crippen molar-refractivity contribution in [2.75, 3.05) is 13.3 Å². The predicted molar refractivity (Wildman–Crippen MR) is 39.5 cm³/mol. The average molecular weight is 145 g/mol. The van der Waals surface area contributed by atoms with Crippen LogP contribution in [0.2, 0.25) is 0 Å². The Balaban J connectivity index is 3.05. The van der Waals surface area contributed by atoms with E-state index >= 15 is 0 Å². The van der Waals surface area contributed by atoms with Gasteiger partial charge in [0.1, 0.15) is 6.73 Å². The first-order chi connectivity index (χ1) is 4.81. The Morgan fingerprint density at radius 3 is 2.70 bits per heavy atom. The largest absolute Gasteiger partial charge is 0.362 e. The Morgan fingerprint density at radius 2 is 2.20 bits per heavy atom. The highest BCUT2D eigenvalue weighted by molar-refractivity contribution is 5.75. The molecule has 0 heterocycles. The minimum absolute atomic E-state index is 0.0657. The van der Waals surface area contributed by atoms with Crippen LogP contribution in [0, 0.1) is 0 Å². The van der Waals surface area contributed by atoms with Gasteiger partial charge < -0.3 is 10.1 Å². The number of carbonyl (C=O) groups excluding carboxylic acids is 1. The van der Waals surface area contributed by atoms with Crippen LogP contribution in [0.1, 0.15) is 26.7 Å². The summed E-state index contributed by atoms with van der Waals surface area (Å²) in [5.41, 5.74) is 0. The molecule has 1 amide bonds. The molecule has 0 unspecified atom stereocenters. The van der Waals surface area contributed by atoms with Crippen molar-refractivity contribution in [3.05, 3.63) is 0 Å². The molecule has 0 aromatic rings. The highest BCUT2D eigenvalue weighted by Gasteiger charge is 1.95. The van der Waals surface area contributed by atoms with Crippen LogP contribution in [0.4, 0.5) is 0 Å². The zero-order valence-corrected chi connectivity index (χ0v) is 6.64. The number of hydrogen-bond donors (Lipinski definition) is 1. The van der Waals surface area contributed by atoms with E-state index in [1.807, 2.05) is 13.8 Å². The number of nitrogens with one attached hydrogen (secondary N) is 1. The zero-order chi connectivity index (χ0) is 7.82. The fourth-order valence-electron chi connectivity index (χ4n) is 0.549. The molecule has 0 spiro atoms. The van der Waals surface area contributed by atoms with Crippen molar-refractivity contribution in [1.29, 1.82) is 0 Å². The van der Waals surface area contributed by atoms with Crippen LogP contribution in [0.15, 0.2) is 0 Å². The molecule has 1 N–H and O–H groups in total. The lowest BCUT2D eigenvalue weighted by atomic mass is 10.3. The van der Waals surface area contributed by atoms with Crippen molar-refractivity contribution in [3.63, 3.8) is 0 Å². The molecule has 0 atom stereocenters. The Kier molecular flexibility index (Phi) is 6.18. The van der Waals surface area contributed by atoms with E-state index in [-0.39, 0.29) is 5.91 Å². The van der Waals surface area contributed by atoms with Gasteiger partial charge in [0.25, 0.3) is 0 Å². The van der Waals surface area contributed by atoms with Gasteiger partial charge in [-0.1, -0.05) is 6.92 Å². The van der Waals surface area contributed by atoms with Crippen molar-refractivity contribution in [2.24, 2.45) is 0 Å². The van der Waals surface area contributed by atoms with Crippen LogP contribution in [-0.2, 0) is 9.53 Å². The van der Waals surface area contributed by atoms with Gasteiger partial charge in [0.05, 0.1) is 0 Å². The van der Waals surface area contributed by atoms with E-state index in [0.717, 1.165) is 6.42 Å². The maximum absolute atomic E-state index is 10.7. The monoisotopic (exact) mass is 145 g/mol. The standard InChI is InChI=1S/C7H15NO2/c1-3-5-7(9)8-6-10-4-2/h3-6H2,1-2H3,(H,8,9). The second-order valence-electron chi connectivity index (χ2n) is 1.99. The topological polar surface area (TPSA) is 38.3 Å². The van der Waals surface area contributed by atoms with Gasteiger partial charge in [0.2, 0.25) is 5.91 Å². The first-order valence-corrected chi connectivity index (χ1v) is 3.65. The molecule has 3 nitrogen and oxygen atoms in total. The minimum atomic E-state index is 0.0657. The van der Waals surface area contributed by atoms with E-state index in [2.05, 4.69) is 5.32 Å². The summed E-state index contributed by atoms with van der Waals surface area (Å²) in [7, 11) is 0. The van der Waals surface area contributed by atoms with E-state index in [1.165, 1.54) is 0 Å². The van der Waals surface area contributed by atoms with Crippen molar-refractivity contribution >= 4 is 5.91 Å². The van der Waals surface area contributed by atoms with Crippen LogP contribution < -0.4 is 5.32 Å². The SMILES string of the molecule is CCCC(=O)NCOCC. The van der Waals surface area contributed by atoms with Gasteiger partial charge >= 0.3 is 0 Å². The summed E-state index contributed by atoms with van der Waals surface area (Å²) in [4.78, 5) is 10.7. The third-order valence-corrected chi connectivity index (χ3v) is 1.05. The van der Waals surface area contributed by atoms with E-state index in [4.69, 9.17) is 4.74 Å². The molecule has 0 aromatic carbocycles. The van der Waals surface area contributed by atoms with Gasteiger partial charge in [-0.05, 0) is 13.3 Å². The first kappa shape index (κ1) is 9.43. The molecule has 0 aliphatic rings. The summed E-state index contributed by atoms with van der Waals surface area (Å²) in [6.07, 6.45) is 1.48. The second-order valence-corrected chi connectivity index (χ2v) is 1.99. The Bertz CT molecular complexity index is 93.6. The number of ether oxygens (including phenoxy) is 1. The molecule has 0 aliphatic heterocycles. The number of hydrogen-bond acceptors (Lipinski definition) is 2. The fourth-order valence-corrected chi connectivity index (χ4v) is 0.549. The van der Waals surface area contributed by atoms with Gasteiger partial charge in [0, 0.05) is 13.0 Å². The highest BCUT2D eigenvalue weighted by Crippen LogP contribution is 1.84. The molecule has 0 rings (SSSR count). The lowest BCUT2D eigenvalue weighted by Gasteiger charge is -2.02. The summed E-state index contributed by atoms with van der Waals surface area (Å²) in [5, 5.41) is 2.62. The van der Waals surface area contributed by atoms with E-state index in [9.17, 15) is 4.79 Å². The maximum atomic E-state index is 10.7. The third kappa shape index (κ3) is 5.56. The Morgan fingerprint density at radius 1 is 1.50 bits per heavy atom. The van der Waals surface area contributed by atoms with Gasteiger partial charge in [-0.25, -0.2) is 0 Å². The van der Waals surface area contributed by atoms with Crippen LogP contribution in [0.25, 0.3) is 0 Å². The normalized spacial score (nSPS) is 9.40. The lowest BCUT2D eigenvalue weighted by molar-refractivity contribution is -0.122. The van der Waals surface area contributed by atoms with Crippen molar-refractivity contribution < 1.29 is 9.53 Å². The smallest absolute Gasteiger partial charge is 0.221 e. The molecule has 0 radical (unpaired) electrons. The van der Waals surface area contributed by atoms with Gasteiger partial charge in [0.15, 0.2) is 0 Å². The zero-order valence-electron chi connectivity index (χ0n) is 6.64. The van der Waals surface area contributed by atoms with Crippen molar-refractivity contribution in [2.45, 2.75) is 26.7 Å². The Labute approximate surface area is 61.8 Å². The average Bonchev–Trinajstić information content (AvgIpc) is 1.89. The lowest BCUT2D eigenvalue weighted by Crippen LogP contribution is -2.25. The first-order valence-electron chi connectivity index (χ1n) is 3.65. The predicted octanol–water partition coefficient (Wildman–Crippen LogP) is 0.897. The van der Waals surface area contributed by atoms with Gasteiger partial charge in [-0.15, -0.1) is 0 Å². The van der Waals surface area contributed by atoms with Crippen LogP contribution in [-0.4, -0.2) is 19.2 Å². The van der Waals surface area contributed by atoms with Crippen molar-refractivity contribution in [1.82, 2.24) is 5.32 Å². The van der Waals surface area contributed by atoms with Gasteiger partial charge in [-0.2, -0.15) is 0 Å². The Hall–Kier alpha value is -0.570. The summed E-state index contributed by atoms with van der Waals surface area (Å²) in [6, 6.07) is 0. The quantitative estimate of drug-likeness (QED) is 0.461. The van der Waals surface area contributed by atoms with E-state index in [1.54, 1.807) is 0 Å². The molecule has 3 heteroatoms. The maximum Gasteiger partial charge on any atom is 0.221 e. The highest BCUT2D eigenvalue weighted by atomic mass is 16.5. The third-order valence-electron chi connectivity index (χ3n) is 1.05. The van der Waals surface area contributed by atoms with Gasteiger partial charge in [-0.3, -0.25) is 4.79 Å². The molecule has 0 aromatic heterocycles. The number of carbonyl (C=O) groups is 1. The summed E-state index contributed by atoms with van der Waals surface area (Å²) in [6.45, 7) is 4.86.